The maximum absolute atomic E-state index is 14.1. The lowest BCUT2D eigenvalue weighted by Crippen LogP contribution is -2.58. The molecule has 68 heavy (non-hydrogen) atoms. The lowest BCUT2D eigenvalue weighted by atomic mass is 9.85. The monoisotopic (exact) mass is 953 g/mol. The molecular formula is C53H59N7O6S2. The van der Waals surface area contributed by atoms with Crippen LogP contribution in [0.1, 0.15) is 71.2 Å². The molecule has 3 atom stereocenters. The zero-order chi connectivity index (χ0) is 48.9. The van der Waals surface area contributed by atoms with Crippen LogP contribution in [0.5, 0.6) is 5.75 Å². The number of rotatable bonds is 16. The van der Waals surface area contributed by atoms with Crippen LogP contribution in [0.3, 0.4) is 0 Å². The third-order valence-corrected chi connectivity index (χ3v) is 13.8. The zero-order valence-electron chi connectivity index (χ0n) is 39.9. The summed E-state index contributed by atoms with van der Waals surface area (Å²) in [5.74, 6) is -0.233. The maximum atomic E-state index is 14.1. The quantitative estimate of drug-likeness (QED) is 0.0563. The molecule has 0 spiro atoms. The molecule has 4 amide bonds. The largest absolute Gasteiger partial charge is 0.494 e. The fourth-order valence-corrected chi connectivity index (χ4v) is 9.97. The Hall–Kier alpha value is -6.47. The molecule has 0 unspecified atom stereocenters. The molecule has 5 aromatic rings. The molecule has 354 valence electrons. The molecule has 0 radical (unpaired) electrons. The number of ether oxygens (including phenoxy) is 2. The Balaban J connectivity index is 0.850. The molecule has 15 heteroatoms. The van der Waals surface area contributed by atoms with E-state index in [1.165, 1.54) is 0 Å². The third kappa shape index (κ3) is 10.9. The third-order valence-electron chi connectivity index (χ3n) is 12.4. The van der Waals surface area contributed by atoms with Crippen molar-refractivity contribution in [3.05, 3.63) is 125 Å². The SMILES string of the molecule is [C-]#[N+]c1ccc(N2C(=O)C(C)(C)N(c3ccc(-c4ccc(OCCCOCC(=O)N[C@H](C(=O)N5C[C@H](C)C[C@H]5C(=O)NCc5ccc(-c6scnc6C)cc5)C(C)(C)C)cc4)cc3)C2=S)cc1C. The fourth-order valence-electron chi connectivity index (χ4n) is 8.64. The molecule has 2 aliphatic heterocycles. The number of thiocarbonyl (C=S) groups is 1. The molecule has 4 aromatic carbocycles. The lowest BCUT2D eigenvalue weighted by Gasteiger charge is -2.35. The predicted molar refractivity (Wildman–Crippen MR) is 272 cm³/mol. The van der Waals surface area contributed by atoms with Crippen LogP contribution in [0.2, 0.25) is 0 Å². The van der Waals surface area contributed by atoms with Gasteiger partial charge in [0.15, 0.2) is 10.8 Å². The van der Waals surface area contributed by atoms with Crippen molar-refractivity contribution in [3.63, 3.8) is 0 Å². The van der Waals surface area contributed by atoms with Crippen LogP contribution in [0.25, 0.3) is 26.4 Å². The van der Waals surface area contributed by atoms with E-state index in [0.29, 0.717) is 54.8 Å². The summed E-state index contributed by atoms with van der Waals surface area (Å²) in [5, 5.41) is 6.32. The van der Waals surface area contributed by atoms with Gasteiger partial charge in [-0.05, 0) is 122 Å². The second-order valence-electron chi connectivity index (χ2n) is 19.1. The number of aromatic nitrogens is 1. The van der Waals surface area contributed by atoms with E-state index in [9.17, 15) is 19.2 Å². The van der Waals surface area contributed by atoms with Crippen LogP contribution in [0.4, 0.5) is 17.1 Å². The van der Waals surface area contributed by atoms with Crippen molar-refractivity contribution in [2.24, 2.45) is 11.3 Å². The van der Waals surface area contributed by atoms with Gasteiger partial charge < -0.3 is 29.9 Å². The van der Waals surface area contributed by atoms with Gasteiger partial charge in [0.05, 0.1) is 35.9 Å². The summed E-state index contributed by atoms with van der Waals surface area (Å²) in [7, 11) is 0. The van der Waals surface area contributed by atoms with Crippen molar-refractivity contribution in [2.45, 2.75) is 92.4 Å². The van der Waals surface area contributed by atoms with Crippen molar-refractivity contribution in [1.82, 2.24) is 20.5 Å². The molecule has 0 aliphatic carbocycles. The van der Waals surface area contributed by atoms with Gasteiger partial charge in [-0.2, -0.15) is 0 Å². The van der Waals surface area contributed by atoms with Crippen LogP contribution in [0, 0.1) is 31.8 Å². The average Bonchev–Trinajstić information content (AvgIpc) is 3.98. The van der Waals surface area contributed by atoms with E-state index in [1.54, 1.807) is 33.3 Å². The second-order valence-corrected chi connectivity index (χ2v) is 20.3. The van der Waals surface area contributed by atoms with Gasteiger partial charge in [-0.3, -0.25) is 24.1 Å². The molecule has 0 bridgehead atoms. The number of carbonyl (C=O) groups excluding carboxylic acids is 4. The van der Waals surface area contributed by atoms with E-state index in [0.717, 1.165) is 44.1 Å². The topological polar surface area (TPSA) is 138 Å². The smallest absolute Gasteiger partial charge is 0.259 e. The first-order chi connectivity index (χ1) is 32.4. The van der Waals surface area contributed by atoms with E-state index in [1.807, 2.05) is 145 Å². The Morgan fingerprint density at radius 3 is 2.21 bits per heavy atom. The summed E-state index contributed by atoms with van der Waals surface area (Å²) in [6.07, 6.45) is 1.08. The van der Waals surface area contributed by atoms with Gasteiger partial charge in [0.2, 0.25) is 17.7 Å². The number of anilines is 2. The average molecular weight is 954 g/mol. The number of hydrogen-bond donors (Lipinski definition) is 2. The summed E-state index contributed by atoms with van der Waals surface area (Å²) in [6, 6.07) is 27.5. The van der Waals surface area contributed by atoms with Gasteiger partial charge in [-0.15, -0.1) is 11.3 Å². The number of nitrogens with zero attached hydrogens (tertiary/aromatic N) is 5. The minimum Gasteiger partial charge on any atom is -0.494 e. The highest BCUT2D eigenvalue weighted by atomic mass is 32.1. The molecule has 2 aliphatic rings. The normalized spacial score (nSPS) is 17.2. The highest BCUT2D eigenvalue weighted by Gasteiger charge is 2.50. The van der Waals surface area contributed by atoms with Crippen LogP contribution < -0.4 is 25.2 Å². The molecule has 1 aromatic heterocycles. The number of benzene rings is 4. The van der Waals surface area contributed by atoms with E-state index < -0.39 is 28.9 Å². The molecule has 3 heterocycles. The van der Waals surface area contributed by atoms with Crippen LogP contribution in [-0.4, -0.2) is 82.6 Å². The Morgan fingerprint density at radius 2 is 1.59 bits per heavy atom. The van der Waals surface area contributed by atoms with Crippen molar-refractivity contribution < 1.29 is 28.7 Å². The van der Waals surface area contributed by atoms with Gasteiger partial charge in [-0.25, -0.2) is 9.83 Å². The van der Waals surface area contributed by atoms with Crippen LogP contribution in [0.15, 0.2) is 96.5 Å². The molecular weight excluding hydrogens is 895 g/mol. The molecule has 7 rings (SSSR count). The summed E-state index contributed by atoms with van der Waals surface area (Å²) in [5.41, 5.74) is 8.02. The summed E-state index contributed by atoms with van der Waals surface area (Å²) in [4.78, 5) is 68.5. The number of thiazole rings is 1. The molecule has 2 N–H and O–H groups in total. The zero-order valence-corrected chi connectivity index (χ0v) is 41.6. The second kappa shape index (κ2) is 20.8. The molecule has 0 saturated carbocycles. The minimum absolute atomic E-state index is 0.124. The van der Waals surface area contributed by atoms with E-state index in [4.69, 9.17) is 28.3 Å². The van der Waals surface area contributed by atoms with Gasteiger partial charge in [0.25, 0.3) is 5.91 Å². The van der Waals surface area contributed by atoms with Crippen LogP contribution >= 0.6 is 23.6 Å². The van der Waals surface area contributed by atoms with Crippen molar-refractivity contribution in [2.75, 3.05) is 36.2 Å². The Labute approximate surface area is 408 Å². The predicted octanol–water partition coefficient (Wildman–Crippen LogP) is 9.43. The first kappa shape index (κ1) is 49.4. The Bertz CT molecular complexity index is 2700. The fraction of sp³-hybridized carbons (Fsp3) is 0.377. The van der Waals surface area contributed by atoms with Crippen molar-refractivity contribution >= 4 is 69.4 Å². The maximum Gasteiger partial charge on any atom is 0.259 e. The van der Waals surface area contributed by atoms with E-state index in [-0.39, 0.29) is 36.9 Å². The highest BCUT2D eigenvalue weighted by molar-refractivity contribution is 7.81. The van der Waals surface area contributed by atoms with E-state index >= 15 is 0 Å². The first-order valence-electron chi connectivity index (χ1n) is 22.8. The highest BCUT2D eigenvalue weighted by Crippen LogP contribution is 2.39. The van der Waals surface area contributed by atoms with Gasteiger partial charge in [0.1, 0.15) is 30.0 Å². The Kier molecular flexibility index (Phi) is 15.1. The van der Waals surface area contributed by atoms with Crippen molar-refractivity contribution in [1.29, 1.82) is 0 Å². The number of amides is 4. The number of carbonyl (C=O) groups is 4. The Morgan fingerprint density at radius 1 is 0.941 bits per heavy atom. The van der Waals surface area contributed by atoms with Gasteiger partial charge in [-0.1, -0.05) is 82.3 Å². The number of aryl methyl sites for hydroxylation is 2. The molecule has 2 fully saturated rings. The summed E-state index contributed by atoms with van der Waals surface area (Å²) < 4.78 is 11.7. The molecule has 2 saturated heterocycles. The first-order valence-corrected chi connectivity index (χ1v) is 24.1. The number of hydrogen-bond acceptors (Lipinski definition) is 9. The summed E-state index contributed by atoms with van der Waals surface area (Å²) >= 11 is 7.46. The standard InChI is InChI=1S/C53H59N7O6S2/c1-33-27-44(48(62)55-29-36-11-13-39(14-12-36)46-35(3)56-32-68-46)58(30-33)49(63)47(52(4,5)6)57-45(61)31-65-25-10-26-66-42-22-17-38(18-23-42)37-15-19-40(20-16-37)60-51(67)59(50(64)53(60,7)8)41-21-24-43(54-9)34(2)28-41/h11-24,28,32-33,44,47H,10,25-27,29-31H2,1-8H3,(H,55,62)(H,57,61)/t33-,44+,47-/m1/s1. The summed E-state index contributed by atoms with van der Waals surface area (Å²) in [6.45, 7) is 23.8. The number of nitrogens with one attached hydrogen (secondary N) is 2. The molecule has 13 nitrogen and oxygen atoms in total. The van der Waals surface area contributed by atoms with E-state index in [2.05, 4.69) is 20.5 Å². The lowest BCUT2D eigenvalue weighted by molar-refractivity contribution is -0.144. The van der Waals surface area contributed by atoms with Gasteiger partial charge in [0, 0.05) is 30.9 Å². The van der Waals surface area contributed by atoms with Crippen LogP contribution in [-0.2, 0) is 30.5 Å². The number of likely N-dealkylation sites (tertiary alicyclic amines) is 1. The van der Waals surface area contributed by atoms with Gasteiger partial charge >= 0.3 is 0 Å². The minimum atomic E-state index is -0.922. The van der Waals surface area contributed by atoms with Crippen molar-refractivity contribution in [3.8, 4) is 27.3 Å².